The van der Waals surface area contributed by atoms with Gasteiger partial charge in [-0.3, -0.25) is 4.98 Å². The Morgan fingerprint density at radius 2 is 2.00 bits per heavy atom. The molecule has 2 heteroatoms. The van der Waals surface area contributed by atoms with Crippen LogP contribution in [0.5, 0.6) is 0 Å². The van der Waals surface area contributed by atoms with Gasteiger partial charge in [0.1, 0.15) is 0 Å². The quantitative estimate of drug-likeness (QED) is 0.880. The highest BCUT2D eigenvalue weighted by molar-refractivity contribution is 5.90. The first-order valence-electron chi connectivity index (χ1n) is 7.47. The van der Waals surface area contributed by atoms with Gasteiger partial charge in [-0.05, 0) is 43.0 Å². The Hall–Kier alpha value is -1.57. The molecule has 0 aliphatic heterocycles. The van der Waals surface area contributed by atoms with Crippen LogP contribution < -0.4 is 5.73 Å². The molecule has 100 valence electrons. The number of pyridine rings is 1. The van der Waals surface area contributed by atoms with E-state index in [2.05, 4.69) is 31.2 Å². The summed E-state index contributed by atoms with van der Waals surface area (Å²) < 4.78 is 0. The number of benzene rings is 1. The second-order valence-electron chi connectivity index (χ2n) is 5.72. The van der Waals surface area contributed by atoms with E-state index in [0.717, 1.165) is 23.0 Å². The first-order chi connectivity index (χ1) is 9.28. The second kappa shape index (κ2) is 5.20. The van der Waals surface area contributed by atoms with Crippen LogP contribution in [0.4, 0.5) is 5.69 Å². The lowest BCUT2D eigenvalue weighted by molar-refractivity contribution is 0.701. The van der Waals surface area contributed by atoms with E-state index in [0.29, 0.717) is 5.92 Å². The van der Waals surface area contributed by atoms with Gasteiger partial charge < -0.3 is 5.73 Å². The highest BCUT2D eigenvalue weighted by Gasteiger charge is 2.19. The summed E-state index contributed by atoms with van der Waals surface area (Å²) in [5, 5.41) is 1.12. The number of hydrogen-bond donors (Lipinski definition) is 1. The van der Waals surface area contributed by atoms with Crippen molar-refractivity contribution in [3.63, 3.8) is 0 Å². The zero-order chi connectivity index (χ0) is 13.2. The summed E-state index contributed by atoms with van der Waals surface area (Å²) in [4.78, 5) is 4.84. The van der Waals surface area contributed by atoms with Crippen LogP contribution in [0.15, 0.2) is 24.3 Å². The Morgan fingerprint density at radius 1 is 1.21 bits per heavy atom. The second-order valence-corrected chi connectivity index (χ2v) is 5.72. The summed E-state index contributed by atoms with van der Waals surface area (Å²) >= 11 is 0. The number of anilines is 1. The van der Waals surface area contributed by atoms with Gasteiger partial charge in [0.15, 0.2) is 0 Å². The monoisotopic (exact) mass is 254 g/mol. The molecule has 19 heavy (non-hydrogen) atoms. The Morgan fingerprint density at radius 3 is 2.74 bits per heavy atom. The van der Waals surface area contributed by atoms with Crippen molar-refractivity contribution in [1.82, 2.24) is 4.98 Å². The van der Waals surface area contributed by atoms with Gasteiger partial charge >= 0.3 is 0 Å². The minimum atomic E-state index is 0.627. The van der Waals surface area contributed by atoms with Crippen LogP contribution in [0.2, 0.25) is 0 Å². The van der Waals surface area contributed by atoms with E-state index in [1.807, 2.05) is 0 Å². The lowest BCUT2D eigenvalue weighted by atomic mass is 10.00. The predicted octanol–water partition coefficient (Wildman–Crippen LogP) is 4.43. The van der Waals surface area contributed by atoms with Crippen LogP contribution in [-0.4, -0.2) is 4.98 Å². The van der Waals surface area contributed by atoms with Crippen molar-refractivity contribution in [2.75, 3.05) is 5.73 Å². The lowest BCUT2D eigenvalue weighted by Crippen LogP contribution is -2.00. The van der Waals surface area contributed by atoms with Gasteiger partial charge in [0.2, 0.25) is 0 Å². The van der Waals surface area contributed by atoms with Gasteiger partial charge in [0, 0.05) is 22.7 Å². The topological polar surface area (TPSA) is 38.9 Å². The fourth-order valence-electron chi connectivity index (χ4n) is 3.20. The van der Waals surface area contributed by atoms with Crippen molar-refractivity contribution in [3.05, 3.63) is 35.5 Å². The maximum Gasteiger partial charge on any atom is 0.0726 e. The molecule has 2 N–H and O–H groups in total. The van der Waals surface area contributed by atoms with Crippen LogP contribution in [0.25, 0.3) is 10.9 Å². The molecule has 1 heterocycles. The van der Waals surface area contributed by atoms with Crippen molar-refractivity contribution in [2.24, 2.45) is 0 Å². The molecule has 1 saturated carbocycles. The number of nitrogens with two attached hydrogens (primary N) is 1. The molecule has 0 atom stereocenters. The van der Waals surface area contributed by atoms with E-state index in [9.17, 15) is 0 Å². The summed E-state index contributed by atoms with van der Waals surface area (Å²) in [5.41, 5.74) is 10.8. The number of fused-ring (bicyclic) bond motifs is 1. The van der Waals surface area contributed by atoms with E-state index >= 15 is 0 Å². The van der Waals surface area contributed by atoms with Gasteiger partial charge in [0.25, 0.3) is 0 Å². The Bertz CT molecular complexity index is 583. The zero-order valence-corrected chi connectivity index (χ0v) is 11.7. The molecular weight excluding hydrogens is 232 g/mol. The van der Waals surface area contributed by atoms with Crippen molar-refractivity contribution < 1.29 is 0 Å². The molecule has 0 bridgehead atoms. The molecule has 0 amide bonds. The molecule has 0 spiro atoms. The van der Waals surface area contributed by atoms with Crippen molar-refractivity contribution in [1.29, 1.82) is 0 Å². The Balaban J connectivity index is 2.03. The summed E-state index contributed by atoms with van der Waals surface area (Å²) in [5.74, 6) is 0.627. The van der Waals surface area contributed by atoms with Gasteiger partial charge in [-0.15, -0.1) is 0 Å². The highest BCUT2D eigenvalue weighted by Crippen LogP contribution is 2.35. The zero-order valence-electron chi connectivity index (χ0n) is 11.7. The SMILES string of the molecule is CCCc1ccc2nc(C3CCCC3)cc(N)c2c1. The van der Waals surface area contributed by atoms with Crippen LogP contribution in [0.3, 0.4) is 0 Å². The number of nitrogens with zero attached hydrogens (tertiary/aromatic N) is 1. The van der Waals surface area contributed by atoms with Crippen LogP contribution in [0.1, 0.15) is 56.2 Å². The molecule has 2 aromatic rings. The fourth-order valence-corrected chi connectivity index (χ4v) is 3.20. The van der Waals surface area contributed by atoms with Gasteiger partial charge in [0.05, 0.1) is 5.52 Å². The third kappa shape index (κ3) is 2.44. The average molecular weight is 254 g/mol. The van der Waals surface area contributed by atoms with Gasteiger partial charge in [-0.2, -0.15) is 0 Å². The number of nitrogen functional groups attached to an aromatic ring is 1. The molecular formula is C17H22N2. The fraction of sp³-hybridized carbons (Fsp3) is 0.471. The third-order valence-electron chi connectivity index (χ3n) is 4.24. The van der Waals surface area contributed by atoms with Crippen molar-refractivity contribution in [2.45, 2.75) is 51.4 Å². The Kier molecular flexibility index (Phi) is 3.41. The highest BCUT2D eigenvalue weighted by atomic mass is 14.7. The average Bonchev–Trinajstić information content (AvgIpc) is 2.93. The molecule has 2 nitrogen and oxygen atoms in total. The predicted molar refractivity (Wildman–Crippen MR) is 81.4 cm³/mol. The molecule has 0 radical (unpaired) electrons. The van der Waals surface area contributed by atoms with E-state index < -0.39 is 0 Å². The molecule has 0 unspecified atom stereocenters. The normalized spacial score (nSPS) is 16.3. The van der Waals surface area contributed by atoms with E-state index in [1.54, 1.807) is 0 Å². The maximum absolute atomic E-state index is 6.25. The number of aromatic nitrogens is 1. The molecule has 1 aromatic heterocycles. The number of rotatable bonds is 3. The lowest BCUT2D eigenvalue weighted by Gasteiger charge is -2.12. The molecule has 1 aromatic carbocycles. The smallest absolute Gasteiger partial charge is 0.0726 e. The summed E-state index contributed by atoms with van der Waals surface area (Å²) in [6.45, 7) is 2.20. The maximum atomic E-state index is 6.25. The first-order valence-corrected chi connectivity index (χ1v) is 7.47. The number of aryl methyl sites for hydroxylation is 1. The minimum Gasteiger partial charge on any atom is -0.398 e. The standard InChI is InChI=1S/C17H22N2/c1-2-5-12-8-9-16-14(10-12)15(18)11-17(19-16)13-6-3-4-7-13/h8-11,13H,2-7H2,1H3,(H2,18,19). The van der Waals surface area contributed by atoms with Crippen LogP contribution >= 0.6 is 0 Å². The molecule has 0 saturated heterocycles. The first kappa shape index (κ1) is 12.5. The largest absolute Gasteiger partial charge is 0.398 e. The van der Waals surface area contributed by atoms with Gasteiger partial charge in [-0.25, -0.2) is 0 Å². The number of hydrogen-bond acceptors (Lipinski definition) is 2. The summed E-state index contributed by atoms with van der Waals surface area (Å²) in [7, 11) is 0. The van der Waals surface area contributed by atoms with Crippen molar-refractivity contribution in [3.8, 4) is 0 Å². The molecule has 1 fully saturated rings. The molecule has 3 rings (SSSR count). The van der Waals surface area contributed by atoms with Gasteiger partial charge in [-0.1, -0.05) is 32.3 Å². The van der Waals surface area contributed by atoms with E-state index in [4.69, 9.17) is 10.7 Å². The Labute approximate surface area is 115 Å². The van der Waals surface area contributed by atoms with Crippen LogP contribution in [0, 0.1) is 0 Å². The molecule has 1 aliphatic rings. The van der Waals surface area contributed by atoms with E-state index in [1.165, 1.54) is 43.4 Å². The van der Waals surface area contributed by atoms with Crippen molar-refractivity contribution >= 4 is 16.6 Å². The third-order valence-corrected chi connectivity index (χ3v) is 4.24. The molecule has 1 aliphatic carbocycles. The van der Waals surface area contributed by atoms with E-state index in [-0.39, 0.29) is 0 Å². The minimum absolute atomic E-state index is 0.627. The van der Waals surface area contributed by atoms with Crippen LogP contribution in [-0.2, 0) is 6.42 Å². The summed E-state index contributed by atoms with van der Waals surface area (Å²) in [6.07, 6.45) is 7.48. The summed E-state index contributed by atoms with van der Waals surface area (Å²) in [6, 6.07) is 8.64.